The van der Waals surface area contributed by atoms with Crippen molar-refractivity contribution in [1.29, 1.82) is 0 Å². The molecular formula is C29H34N2O4. The molecule has 184 valence electrons. The van der Waals surface area contributed by atoms with Gasteiger partial charge >= 0.3 is 5.97 Å². The monoisotopic (exact) mass is 474 g/mol. The predicted octanol–water partition coefficient (Wildman–Crippen LogP) is 5.61. The van der Waals surface area contributed by atoms with Gasteiger partial charge in [0.2, 0.25) is 0 Å². The molecule has 1 aliphatic carbocycles. The minimum atomic E-state index is -0.933. The summed E-state index contributed by atoms with van der Waals surface area (Å²) in [5.41, 5.74) is 4.84. The first-order valence-corrected chi connectivity index (χ1v) is 12.5. The van der Waals surface area contributed by atoms with E-state index in [9.17, 15) is 9.59 Å². The summed E-state index contributed by atoms with van der Waals surface area (Å²) in [6, 6.07) is 20.1. The third kappa shape index (κ3) is 6.45. The van der Waals surface area contributed by atoms with Crippen molar-refractivity contribution in [3.63, 3.8) is 0 Å². The van der Waals surface area contributed by atoms with Crippen molar-refractivity contribution >= 4 is 5.97 Å². The van der Waals surface area contributed by atoms with Crippen LogP contribution in [0.1, 0.15) is 51.0 Å². The molecule has 1 heterocycles. The van der Waals surface area contributed by atoms with E-state index in [1.807, 2.05) is 30.3 Å². The summed E-state index contributed by atoms with van der Waals surface area (Å²) in [6.45, 7) is 5.19. The average Bonchev–Trinajstić information content (AvgIpc) is 2.86. The molecule has 6 heteroatoms. The van der Waals surface area contributed by atoms with Gasteiger partial charge in [-0.2, -0.15) is 5.10 Å². The molecule has 0 radical (unpaired) electrons. The van der Waals surface area contributed by atoms with E-state index in [1.54, 1.807) is 10.7 Å². The van der Waals surface area contributed by atoms with Gasteiger partial charge in [-0.15, -0.1) is 0 Å². The molecule has 1 N–H and O–H groups in total. The van der Waals surface area contributed by atoms with Crippen molar-refractivity contribution in [1.82, 2.24) is 9.78 Å². The van der Waals surface area contributed by atoms with Gasteiger partial charge in [0.15, 0.2) is 0 Å². The largest absolute Gasteiger partial charge is 0.480 e. The van der Waals surface area contributed by atoms with Crippen molar-refractivity contribution in [2.75, 3.05) is 13.2 Å². The fraction of sp³-hybridized carbons (Fsp3) is 0.414. The van der Waals surface area contributed by atoms with Crippen LogP contribution in [0.25, 0.3) is 22.4 Å². The molecule has 1 aliphatic rings. The Balaban J connectivity index is 1.55. The highest BCUT2D eigenvalue weighted by Crippen LogP contribution is 2.32. The second-order valence-corrected chi connectivity index (χ2v) is 9.87. The molecule has 1 aromatic heterocycles. The molecule has 2 aromatic carbocycles. The van der Waals surface area contributed by atoms with Gasteiger partial charge in [0.25, 0.3) is 5.56 Å². The molecular weight excluding hydrogens is 440 g/mol. The maximum atomic E-state index is 13.1. The van der Waals surface area contributed by atoms with Crippen molar-refractivity contribution in [3.8, 4) is 22.4 Å². The quantitative estimate of drug-likeness (QED) is 0.436. The van der Waals surface area contributed by atoms with Crippen molar-refractivity contribution in [2.24, 2.45) is 11.8 Å². The van der Waals surface area contributed by atoms with E-state index in [1.165, 1.54) is 5.56 Å². The van der Waals surface area contributed by atoms with Crippen LogP contribution in [0.2, 0.25) is 0 Å². The first kappa shape index (κ1) is 24.9. The Kier molecular flexibility index (Phi) is 8.13. The molecule has 0 unspecified atom stereocenters. The van der Waals surface area contributed by atoms with E-state index in [-0.39, 0.29) is 12.2 Å². The number of carboxylic acids is 1. The lowest BCUT2D eigenvalue weighted by atomic mass is 9.82. The number of carboxylic acid groups (broad SMARTS) is 1. The number of nitrogens with zero attached hydrogens (tertiary/aromatic N) is 2. The summed E-state index contributed by atoms with van der Waals surface area (Å²) >= 11 is 0. The molecule has 1 fully saturated rings. The maximum Gasteiger partial charge on any atom is 0.329 e. The van der Waals surface area contributed by atoms with Crippen molar-refractivity contribution in [2.45, 2.75) is 52.0 Å². The average molecular weight is 475 g/mol. The van der Waals surface area contributed by atoms with Crippen LogP contribution in [0, 0.1) is 11.8 Å². The van der Waals surface area contributed by atoms with Gasteiger partial charge in [0, 0.05) is 23.7 Å². The van der Waals surface area contributed by atoms with Crippen LogP contribution in [0.5, 0.6) is 0 Å². The summed E-state index contributed by atoms with van der Waals surface area (Å²) in [7, 11) is 0. The Morgan fingerprint density at radius 3 is 2.29 bits per heavy atom. The highest BCUT2D eigenvalue weighted by molar-refractivity contribution is 5.80. The van der Waals surface area contributed by atoms with Crippen LogP contribution in [0.15, 0.2) is 65.5 Å². The van der Waals surface area contributed by atoms with E-state index >= 15 is 0 Å². The maximum absolute atomic E-state index is 13.1. The topological polar surface area (TPSA) is 81.4 Å². The molecule has 0 spiro atoms. The van der Waals surface area contributed by atoms with Crippen LogP contribution in [-0.4, -0.2) is 34.1 Å². The number of aliphatic carboxylic acids is 1. The molecule has 0 atom stereocenters. The highest BCUT2D eigenvalue weighted by atomic mass is 16.5. The second kappa shape index (κ2) is 11.5. The van der Waals surface area contributed by atoms with Gasteiger partial charge in [-0.1, -0.05) is 68.4 Å². The number of aromatic nitrogens is 2. The lowest BCUT2D eigenvalue weighted by Crippen LogP contribution is -2.29. The summed E-state index contributed by atoms with van der Waals surface area (Å²) in [6.07, 6.45) is 3.91. The van der Waals surface area contributed by atoms with Crippen molar-refractivity contribution in [3.05, 3.63) is 76.6 Å². The zero-order valence-electron chi connectivity index (χ0n) is 20.5. The van der Waals surface area contributed by atoms with Gasteiger partial charge in [0.1, 0.15) is 6.61 Å². The Morgan fingerprint density at radius 1 is 1.00 bits per heavy atom. The molecule has 6 nitrogen and oxygen atoms in total. The van der Waals surface area contributed by atoms with Crippen LogP contribution in [0.3, 0.4) is 0 Å². The van der Waals surface area contributed by atoms with E-state index < -0.39 is 5.97 Å². The number of rotatable bonds is 9. The summed E-state index contributed by atoms with van der Waals surface area (Å²) in [5, 5.41) is 13.6. The summed E-state index contributed by atoms with van der Waals surface area (Å²) in [4.78, 5) is 23.8. The first-order chi connectivity index (χ1) is 16.9. The van der Waals surface area contributed by atoms with E-state index in [2.05, 4.69) is 38.1 Å². The Labute approximate surface area is 206 Å². The molecule has 3 aromatic rings. The van der Waals surface area contributed by atoms with Gasteiger partial charge in [-0.05, 0) is 54.6 Å². The standard InChI is InChI=1S/C29H34N2O4/c1-20(2)23-12-14-25(15-13-23)29-26(24-6-4-3-5-7-24)16-27(32)31(30-29)17-21-8-10-22(11-9-21)18-35-19-28(33)34/h3-7,12-16,20-22H,8-11,17-19H2,1-2H3,(H,33,34)/t21-,22+. The number of carbonyl (C=O) groups is 1. The normalized spacial score (nSPS) is 18.0. The molecule has 0 saturated heterocycles. The van der Waals surface area contributed by atoms with Gasteiger partial charge in [-0.3, -0.25) is 4.79 Å². The fourth-order valence-electron chi connectivity index (χ4n) is 4.84. The van der Waals surface area contributed by atoms with Gasteiger partial charge in [-0.25, -0.2) is 9.48 Å². The highest BCUT2D eigenvalue weighted by Gasteiger charge is 2.23. The second-order valence-electron chi connectivity index (χ2n) is 9.87. The number of ether oxygens (including phenoxy) is 1. The summed E-state index contributed by atoms with van der Waals surface area (Å²) < 4.78 is 6.91. The predicted molar refractivity (Wildman–Crippen MR) is 137 cm³/mol. The zero-order chi connectivity index (χ0) is 24.8. The van der Waals surface area contributed by atoms with Crippen molar-refractivity contribution < 1.29 is 14.6 Å². The first-order valence-electron chi connectivity index (χ1n) is 12.5. The molecule has 0 aliphatic heterocycles. The van der Waals surface area contributed by atoms with Crippen LogP contribution in [0.4, 0.5) is 0 Å². The number of benzene rings is 2. The number of hydrogen-bond acceptors (Lipinski definition) is 4. The molecule has 4 rings (SSSR count). The molecule has 0 bridgehead atoms. The minimum absolute atomic E-state index is 0.0849. The van der Waals surface area contributed by atoms with E-state index in [0.29, 0.717) is 30.9 Å². The Bertz CT molecular complexity index is 1180. The molecule has 35 heavy (non-hydrogen) atoms. The van der Waals surface area contributed by atoms with Crippen LogP contribution in [-0.2, 0) is 16.1 Å². The van der Waals surface area contributed by atoms with Gasteiger partial charge < -0.3 is 9.84 Å². The van der Waals surface area contributed by atoms with Crippen LogP contribution < -0.4 is 5.56 Å². The Hall–Kier alpha value is -3.25. The fourth-order valence-corrected chi connectivity index (χ4v) is 4.84. The number of hydrogen-bond donors (Lipinski definition) is 1. The minimum Gasteiger partial charge on any atom is -0.480 e. The SMILES string of the molecule is CC(C)c1ccc(-c2nn(C[C@H]3CC[C@@H](COCC(=O)O)CC3)c(=O)cc2-c2ccccc2)cc1. The lowest BCUT2D eigenvalue weighted by molar-refractivity contribution is -0.142. The zero-order valence-corrected chi connectivity index (χ0v) is 20.5. The lowest BCUT2D eigenvalue weighted by Gasteiger charge is -2.28. The third-order valence-electron chi connectivity index (χ3n) is 6.91. The molecule has 1 saturated carbocycles. The van der Waals surface area contributed by atoms with E-state index in [4.69, 9.17) is 14.9 Å². The smallest absolute Gasteiger partial charge is 0.329 e. The summed E-state index contributed by atoms with van der Waals surface area (Å²) in [5.74, 6) is 0.266. The molecule has 0 amide bonds. The Morgan fingerprint density at radius 2 is 1.66 bits per heavy atom. The van der Waals surface area contributed by atoms with Gasteiger partial charge in [0.05, 0.1) is 12.3 Å². The van der Waals surface area contributed by atoms with Crippen LogP contribution >= 0.6 is 0 Å². The third-order valence-corrected chi connectivity index (χ3v) is 6.91. The van der Waals surface area contributed by atoms with E-state index in [0.717, 1.165) is 48.1 Å².